The van der Waals surface area contributed by atoms with E-state index in [1.165, 1.54) is 173 Å². The SMILES string of the molecule is CCC/C=C/C(O)C(COC1OC(CO)C(OC2OC(CO)C(O)C(O)C2O)C(O)C1O)NC(=O)CCCCCCCCCCCCCCCCCCCCCCCCCC/C=C\C/C=C\C/C=C\CCCCCCC. The van der Waals surface area contributed by atoms with Crippen LogP contribution >= 0.6 is 0 Å². The van der Waals surface area contributed by atoms with Gasteiger partial charge in [0, 0.05) is 6.42 Å². The van der Waals surface area contributed by atoms with E-state index >= 15 is 0 Å². The summed E-state index contributed by atoms with van der Waals surface area (Å²) in [6.07, 6.45) is 44.7. The number of unbranched alkanes of at least 4 members (excludes halogenated alkanes) is 30. The monoisotopic (exact) mass is 1080 g/mol. The van der Waals surface area contributed by atoms with E-state index in [0.29, 0.717) is 6.42 Å². The van der Waals surface area contributed by atoms with Gasteiger partial charge in [0.15, 0.2) is 12.6 Å². The highest BCUT2D eigenvalue weighted by atomic mass is 16.7. The van der Waals surface area contributed by atoms with E-state index in [1.54, 1.807) is 6.08 Å². The Balaban J connectivity index is 1.43. The van der Waals surface area contributed by atoms with Crippen molar-refractivity contribution in [2.24, 2.45) is 0 Å². The van der Waals surface area contributed by atoms with Crippen molar-refractivity contribution in [2.45, 2.75) is 319 Å². The number of nitrogens with one attached hydrogen (secondary N) is 1. The van der Waals surface area contributed by atoms with Crippen molar-refractivity contribution in [2.75, 3.05) is 19.8 Å². The zero-order chi connectivity index (χ0) is 55.3. The fraction of sp³-hybridized carbons (Fsp3) is 0.855. The zero-order valence-corrected chi connectivity index (χ0v) is 47.7. The molecule has 0 aliphatic carbocycles. The highest BCUT2D eigenvalue weighted by molar-refractivity contribution is 5.76. The standard InChI is InChI=1S/C62H113NO13/c1-3-5-7-8-9-10-11-12-13-14-15-16-17-18-19-20-21-22-23-24-25-26-27-28-29-30-31-32-33-34-35-36-37-38-39-40-41-42-44-46-54(67)63-50(51(66)45-43-6-4-2)49-73-61-59(72)57(70)60(53(48-65)75-61)76-62-58(71)56(69)55(68)52(47-64)74-62/h11-12,14-15,17-18,43,45,50-53,55-62,64-66,68-72H,3-10,13,16,19-42,44,46-49H2,1-2H3,(H,63,67)/b12-11-,15-14-,18-17-,45-43+. The molecule has 2 aliphatic heterocycles. The van der Waals surface area contributed by atoms with Crippen LogP contribution in [0.4, 0.5) is 0 Å². The third kappa shape index (κ3) is 32.9. The van der Waals surface area contributed by atoms with Gasteiger partial charge in [-0.25, -0.2) is 0 Å². The number of carbonyl (C=O) groups excluding carboxylic acids is 1. The highest BCUT2D eigenvalue weighted by Crippen LogP contribution is 2.30. The van der Waals surface area contributed by atoms with Crippen LogP contribution < -0.4 is 5.32 Å². The van der Waals surface area contributed by atoms with Crippen LogP contribution in [0.25, 0.3) is 0 Å². The molecule has 14 heteroatoms. The van der Waals surface area contributed by atoms with Gasteiger partial charge in [0.2, 0.25) is 5.91 Å². The summed E-state index contributed by atoms with van der Waals surface area (Å²) in [5.74, 6) is -0.249. The molecule has 14 nitrogen and oxygen atoms in total. The first-order valence-corrected chi connectivity index (χ1v) is 30.9. The van der Waals surface area contributed by atoms with Crippen LogP contribution in [0.3, 0.4) is 0 Å². The van der Waals surface area contributed by atoms with Crippen LogP contribution in [0.2, 0.25) is 0 Å². The minimum Gasteiger partial charge on any atom is -0.394 e. The maximum absolute atomic E-state index is 13.0. The normalized spacial score (nSPS) is 25.2. The van der Waals surface area contributed by atoms with Gasteiger partial charge in [-0.2, -0.15) is 0 Å². The van der Waals surface area contributed by atoms with E-state index in [9.17, 15) is 45.6 Å². The van der Waals surface area contributed by atoms with Gasteiger partial charge in [-0.15, -0.1) is 0 Å². The van der Waals surface area contributed by atoms with E-state index in [4.69, 9.17) is 18.9 Å². The Morgan fingerprint density at radius 2 is 0.895 bits per heavy atom. The van der Waals surface area contributed by atoms with E-state index < -0.39 is 86.8 Å². The second kappa shape index (κ2) is 47.7. The number of aliphatic hydroxyl groups is 8. The molecule has 2 rings (SSSR count). The lowest BCUT2D eigenvalue weighted by atomic mass is 9.97. The molecule has 2 aliphatic rings. The Bertz CT molecular complexity index is 1460. The zero-order valence-electron chi connectivity index (χ0n) is 47.7. The first kappa shape index (κ1) is 70.1. The number of rotatable bonds is 49. The Morgan fingerprint density at radius 3 is 1.36 bits per heavy atom. The van der Waals surface area contributed by atoms with E-state index in [2.05, 4.69) is 48.7 Å². The first-order valence-electron chi connectivity index (χ1n) is 30.9. The minimum atomic E-state index is -1.78. The van der Waals surface area contributed by atoms with Crippen molar-refractivity contribution in [3.8, 4) is 0 Å². The molecule has 0 aromatic rings. The predicted molar refractivity (Wildman–Crippen MR) is 304 cm³/mol. The maximum Gasteiger partial charge on any atom is 0.220 e. The largest absolute Gasteiger partial charge is 0.394 e. The first-order chi connectivity index (χ1) is 37.1. The molecular weight excluding hydrogens is 967 g/mol. The lowest BCUT2D eigenvalue weighted by Crippen LogP contribution is -2.65. The van der Waals surface area contributed by atoms with Crippen LogP contribution in [0.5, 0.6) is 0 Å². The van der Waals surface area contributed by atoms with E-state index in [0.717, 1.165) is 44.9 Å². The van der Waals surface area contributed by atoms with Gasteiger partial charge < -0.3 is 65.1 Å². The van der Waals surface area contributed by atoms with Crippen LogP contribution in [0.1, 0.15) is 245 Å². The molecule has 1 amide bonds. The van der Waals surface area contributed by atoms with E-state index in [-0.39, 0.29) is 18.9 Å². The number of hydrogen-bond donors (Lipinski definition) is 9. The van der Waals surface area contributed by atoms with Gasteiger partial charge >= 0.3 is 0 Å². The van der Waals surface area contributed by atoms with Gasteiger partial charge in [-0.05, 0) is 51.4 Å². The lowest BCUT2D eigenvalue weighted by Gasteiger charge is -2.46. The molecule has 2 heterocycles. The third-order valence-electron chi connectivity index (χ3n) is 15.0. The van der Waals surface area contributed by atoms with Gasteiger partial charge in [0.05, 0.1) is 32.0 Å². The third-order valence-corrected chi connectivity index (χ3v) is 15.0. The molecule has 0 radical (unpaired) electrons. The summed E-state index contributed by atoms with van der Waals surface area (Å²) in [6, 6.07) is -0.908. The van der Waals surface area contributed by atoms with Gasteiger partial charge in [-0.3, -0.25) is 4.79 Å². The predicted octanol–water partition coefficient (Wildman–Crippen LogP) is 10.8. The van der Waals surface area contributed by atoms with Gasteiger partial charge in [0.25, 0.3) is 0 Å². The summed E-state index contributed by atoms with van der Waals surface area (Å²) in [5.41, 5.74) is 0. The molecule has 0 aromatic heterocycles. The molecule has 76 heavy (non-hydrogen) atoms. The number of amides is 1. The van der Waals surface area contributed by atoms with Crippen LogP contribution in [-0.4, -0.2) is 140 Å². The Kier molecular flexibility index (Phi) is 44.0. The average molecular weight is 1080 g/mol. The van der Waals surface area contributed by atoms with E-state index in [1.807, 2.05) is 13.0 Å². The molecule has 0 saturated carbocycles. The number of allylic oxidation sites excluding steroid dienone is 7. The Morgan fingerprint density at radius 1 is 0.474 bits per heavy atom. The minimum absolute atomic E-state index is 0.249. The smallest absolute Gasteiger partial charge is 0.220 e. The molecule has 12 atom stereocenters. The van der Waals surface area contributed by atoms with Gasteiger partial charge in [0.1, 0.15) is 48.8 Å². The Hall–Kier alpha value is -2.05. The summed E-state index contributed by atoms with van der Waals surface area (Å²) in [6.45, 7) is 2.56. The molecule has 9 N–H and O–H groups in total. The lowest BCUT2D eigenvalue weighted by molar-refractivity contribution is -0.359. The quantitative estimate of drug-likeness (QED) is 0.0204. The molecule has 2 fully saturated rings. The summed E-state index contributed by atoms with van der Waals surface area (Å²) < 4.78 is 22.5. The summed E-state index contributed by atoms with van der Waals surface area (Å²) in [4.78, 5) is 13.0. The van der Waals surface area contributed by atoms with Crippen molar-refractivity contribution >= 4 is 5.91 Å². The molecule has 2 saturated heterocycles. The maximum atomic E-state index is 13.0. The number of ether oxygens (including phenoxy) is 4. The van der Waals surface area contributed by atoms with Crippen LogP contribution in [-0.2, 0) is 23.7 Å². The van der Waals surface area contributed by atoms with Crippen molar-refractivity contribution in [1.29, 1.82) is 0 Å². The molecule has 12 unspecified atom stereocenters. The fourth-order valence-corrected chi connectivity index (χ4v) is 10.0. The highest BCUT2D eigenvalue weighted by Gasteiger charge is 2.51. The molecular formula is C62H113NO13. The topological polar surface area (TPSA) is 228 Å². The molecule has 0 bridgehead atoms. The van der Waals surface area contributed by atoms with Crippen molar-refractivity contribution < 1.29 is 64.6 Å². The summed E-state index contributed by atoms with van der Waals surface area (Å²) in [5, 5.41) is 86.0. The molecule has 444 valence electrons. The fourth-order valence-electron chi connectivity index (χ4n) is 10.0. The summed E-state index contributed by atoms with van der Waals surface area (Å²) in [7, 11) is 0. The number of aliphatic hydroxyl groups excluding tert-OH is 8. The average Bonchev–Trinajstić information content (AvgIpc) is 3.42. The van der Waals surface area contributed by atoms with Crippen LogP contribution in [0, 0.1) is 0 Å². The van der Waals surface area contributed by atoms with Crippen molar-refractivity contribution in [3.05, 3.63) is 48.6 Å². The Labute approximate surface area is 461 Å². The number of carbonyl (C=O) groups is 1. The number of hydrogen-bond acceptors (Lipinski definition) is 13. The molecule has 0 spiro atoms. The summed E-state index contributed by atoms with van der Waals surface area (Å²) >= 11 is 0. The second-order valence-corrected chi connectivity index (χ2v) is 21.8. The van der Waals surface area contributed by atoms with Crippen molar-refractivity contribution in [1.82, 2.24) is 5.32 Å². The van der Waals surface area contributed by atoms with Gasteiger partial charge in [-0.1, -0.05) is 236 Å². The van der Waals surface area contributed by atoms with Crippen LogP contribution in [0.15, 0.2) is 48.6 Å². The van der Waals surface area contributed by atoms with Crippen molar-refractivity contribution in [3.63, 3.8) is 0 Å². The molecule has 0 aromatic carbocycles. The second-order valence-electron chi connectivity index (χ2n) is 21.8.